The second-order valence-electron chi connectivity index (χ2n) is 6.89. The molecule has 1 aromatic rings. The molecule has 2 N–H and O–H groups in total. The molecule has 2 rings (SSSR count). The van der Waals surface area contributed by atoms with Crippen LogP contribution in [-0.2, 0) is 9.53 Å². The molecule has 0 spiro atoms. The number of carbonyl (C=O) groups excluding carboxylic acids is 1. The van der Waals surface area contributed by atoms with Gasteiger partial charge in [-0.05, 0) is 55.2 Å². The smallest absolute Gasteiger partial charge is 0.344 e. The van der Waals surface area contributed by atoms with E-state index in [0.717, 1.165) is 5.57 Å². The molecule has 5 nitrogen and oxygen atoms in total. The summed E-state index contributed by atoms with van der Waals surface area (Å²) in [6.45, 7) is 11.4. The van der Waals surface area contributed by atoms with E-state index in [1.165, 1.54) is 11.8 Å². The van der Waals surface area contributed by atoms with E-state index in [0.29, 0.717) is 21.2 Å². The van der Waals surface area contributed by atoms with Crippen molar-refractivity contribution >= 4 is 28.5 Å². The third-order valence-corrected chi connectivity index (χ3v) is 5.24. The van der Waals surface area contributed by atoms with Gasteiger partial charge in [0.2, 0.25) is 0 Å². The van der Waals surface area contributed by atoms with Gasteiger partial charge in [-0.3, -0.25) is 0 Å². The fourth-order valence-corrected chi connectivity index (χ4v) is 3.88. The number of carbonyl (C=O) groups is 1. The molecule has 1 aliphatic heterocycles. The number of nitrogens with zero attached hydrogens (tertiary/aromatic N) is 1. The molecule has 0 saturated heterocycles. The van der Waals surface area contributed by atoms with Crippen LogP contribution in [0.1, 0.15) is 27.7 Å². The second-order valence-corrected chi connectivity index (χ2v) is 7.93. The lowest BCUT2D eigenvalue weighted by molar-refractivity contribution is -0.138. The van der Waals surface area contributed by atoms with Gasteiger partial charge in [-0.2, -0.15) is 0 Å². The van der Waals surface area contributed by atoms with Crippen LogP contribution in [0.4, 0.5) is 5.69 Å². The lowest BCUT2D eigenvalue weighted by Gasteiger charge is -2.08. The maximum Gasteiger partial charge on any atom is 0.344 e. The van der Waals surface area contributed by atoms with E-state index < -0.39 is 5.97 Å². The number of rotatable bonds is 7. The van der Waals surface area contributed by atoms with Crippen LogP contribution in [0.3, 0.4) is 0 Å². The van der Waals surface area contributed by atoms with Crippen LogP contribution in [0.25, 0.3) is 0 Å². The predicted molar refractivity (Wildman–Crippen MR) is 124 cm³/mol. The first-order chi connectivity index (χ1) is 14.3. The van der Waals surface area contributed by atoms with Crippen LogP contribution in [0.15, 0.2) is 93.3 Å². The number of hydrogen-bond donors (Lipinski definition) is 2. The van der Waals surface area contributed by atoms with Gasteiger partial charge in [0.25, 0.3) is 0 Å². The Labute approximate surface area is 181 Å². The van der Waals surface area contributed by atoms with Gasteiger partial charge in [-0.25, -0.2) is 9.79 Å². The van der Waals surface area contributed by atoms with E-state index in [4.69, 9.17) is 4.74 Å². The Kier molecular flexibility index (Phi) is 8.30. The van der Waals surface area contributed by atoms with Gasteiger partial charge < -0.3 is 14.9 Å². The number of aliphatic hydroxyl groups excluding tert-OH is 2. The molecular weight excluding hydrogens is 398 g/mol. The summed E-state index contributed by atoms with van der Waals surface area (Å²) in [5.74, 6) is -0.575. The van der Waals surface area contributed by atoms with Crippen LogP contribution in [0.5, 0.6) is 0 Å². The van der Waals surface area contributed by atoms with Gasteiger partial charge in [0.15, 0.2) is 0 Å². The molecule has 0 radical (unpaired) electrons. The Balaban J connectivity index is 2.48. The fraction of sp³-hybridized carbons (Fsp3) is 0.250. The number of ether oxygens (including phenoxy) is 1. The highest BCUT2D eigenvalue weighted by atomic mass is 32.2. The molecule has 0 unspecified atom stereocenters. The molecule has 0 aromatic heterocycles. The van der Waals surface area contributed by atoms with E-state index in [9.17, 15) is 15.0 Å². The number of hydrogen-bond acceptors (Lipinski definition) is 6. The lowest BCUT2D eigenvalue weighted by atomic mass is 10.0. The van der Waals surface area contributed by atoms with Gasteiger partial charge in [-0.1, -0.05) is 56.5 Å². The number of allylic oxidation sites excluding steroid dienone is 5. The largest absolute Gasteiger partial charge is 0.508 e. The molecule has 158 valence electrons. The van der Waals surface area contributed by atoms with Crippen LogP contribution in [0, 0.1) is 5.92 Å². The van der Waals surface area contributed by atoms with Crippen molar-refractivity contribution in [2.75, 3.05) is 6.61 Å². The highest BCUT2D eigenvalue weighted by Gasteiger charge is 2.33. The van der Waals surface area contributed by atoms with Crippen molar-refractivity contribution in [1.82, 2.24) is 0 Å². The van der Waals surface area contributed by atoms with Crippen molar-refractivity contribution in [2.45, 2.75) is 27.7 Å². The summed E-state index contributed by atoms with van der Waals surface area (Å²) in [5.41, 5.74) is 2.13. The van der Waals surface area contributed by atoms with E-state index in [1.807, 2.05) is 44.2 Å². The van der Waals surface area contributed by atoms with E-state index in [-0.39, 0.29) is 29.6 Å². The van der Waals surface area contributed by atoms with Gasteiger partial charge in [0.05, 0.1) is 17.2 Å². The van der Waals surface area contributed by atoms with E-state index in [2.05, 4.69) is 11.6 Å². The Bertz CT molecular complexity index is 966. The standard InChI is InChI=1S/C24H27NO4S/c1-6-18(15(3)4)19(26)13-16(5)14-20-22(27)21(24(28)29-7-2)23(30-20)25-17-11-9-8-10-12-17/h6,8-15,26-27H,1,7H2,2-5H3/b16-13+,19-18-,20-14-,25-23?. The number of benzene rings is 1. The molecule has 1 heterocycles. The van der Waals surface area contributed by atoms with Crippen molar-refractivity contribution in [2.24, 2.45) is 10.9 Å². The summed E-state index contributed by atoms with van der Waals surface area (Å²) >= 11 is 1.18. The number of aliphatic imine (C=N–C) groups is 1. The molecule has 1 aliphatic rings. The molecule has 0 bridgehead atoms. The first-order valence-corrected chi connectivity index (χ1v) is 10.5. The van der Waals surface area contributed by atoms with Gasteiger partial charge in [0.1, 0.15) is 22.1 Å². The summed E-state index contributed by atoms with van der Waals surface area (Å²) in [6.07, 6.45) is 4.93. The monoisotopic (exact) mass is 425 g/mol. The molecule has 1 aromatic carbocycles. The first-order valence-electron chi connectivity index (χ1n) is 9.66. The number of esters is 1. The minimum atomic E-state index is -0.626. The quantitative estimate of drug-likeness (QED) is 0.303. The number of para-hydroxylation sites is 1. The zero-order valence-electron chi connectivity index (χ0n) is 17.7. The normalized spacial score (nSPS) is 18.2. The molecule has 30 heavy (non-hydrogen) atoms. The topological polar surface area (TPSA) is 79.1 Å². The zero-order valence-corrected chi connectivity index (χ0v) is 18.5. The third kappa shape index (κ3) is 5.76. The van der Waals surface area contributed by atoms with Crippen LogP contribution in [0.2, 0.25) is 0 Å². The van der Waals surface area contributed by atoms with Gasteiger partial charge in [0, 0.05) is 0 Å². The second kappa shape index (κ2) is 10.7. The Morgan fingerprint density at radius 2 is 1.97 bits per heavy atom. The molecular formula is C24H27NO4S. The lowest BCUT2D eigenvalue weighted by Crippen LogP contribution is -2.12. The van der Waals surface area contributed by atoms with E-state index in [1.54, 1.807) is 32.1 Å². The average molecular weight is 426 g/mol. The third-order valence-electron chi connectivity index (χ3n) is 4.22. The van der Waals surface area contributed by atoms with Crippen molar-refractivity contribution in [3.05, 3.63) is 88.3 Å². The zero-order chi connectivity index (χ0) is 22.3. The molecule has 0 amide bonds. The molecule has 0 saturated carbocycles. The molecule has 0 aliphatic carbocycles. The minimum absolute atomic E-state index is 0.0403. The highest BCUT2D eigenvalue weighted by Crippen LogP contribution is 2.39. The average Bonchev–Trinajstić information content (AvgIpc) is 2.97. The van der Waals surface area contributed by atoms with Crippen LogP contribution in [-0.4, -0.2) is 27.8 Å². The van der Waals surface area contributed by atoms with Crippen molar-refractivity contribution in [1.29, 1.82) is 0 Å². The summed E-state index contributed by atoms with van der Waals surface area (Å²) < 4.78 is 5.10. The SMILES string of the molecule is C=C\C(=C(O)/C=C(C)/C=C1\SC(=Nc2ccccc2)C(C(=O)OCC)=C1O)C(C)C. The number of thioether (sulfide) groups is 1. The number of aliphatic hydroxyl groups is 2. The Morgan fingerprint density at radius 1 is 1.30 bits per heavy atom. The van der Waals surface area contributed by atoms with Crippen LogP contribution >= 0.6 is 11.8 Å². The fourth-order valence-electron chi connectivity index (χ4n) is 2.80. The highest BCUT2D eigenvalue weighted by molar-refractivity contribution is 8.18. The van der Waals surface area contributed by atoms with Gasteiger partial charge >= 0.3 is 5.97 Å². The van der Waals surface area contributed by atoms with E-state index >= 15 is 0 Å². The van der Waals surface area contributed by atoms with Crippen molar-refractivity contribution in [3.8, 4) is 0 Å². The maximum atomic E-state index is 12.4. The maximum absolute atomic E-state index is 12.4. The predicted octanol–water partition coefficient (Wildman–Crippen LogP) is 6.32. The molecule has 0 atom stereocenters. The van der Waals surface area contributed by atoms with Crippen LogP contribution < -0.4 is 0 Å². The summed E-state index contributed by atoms with van der Waals surface area (Å²) in [5, 5.41) is 21.4. The molecule has 6 heteroatoms. The Morgan fingerprint density at radius 3 is 2.53 bits per heavy atom. The molecule has 0 fully saturated rings. The Hall–Kier alpha value is -2.99. The minimum Gasteiger partial charge on any atom is -0.508 e. The summed E-state index contributed by atoms with van der Waals surface area (Å²) in [7, 11) is 0. The van der Waals surface area contributed by atoms with Crippen molar-refractivity contribution < 1.29 is 19.7 Å². The summed E-state index contributed by atoms with van der Waals surface area (Å²) in [4.78, 5) is 17.4. The van der Waals surface area contributed by atoms with Gasteiger partial charge in [-0.15, -0.1) is 0 Å². The summed E-state index contributed by atoms with van der Waals surface area (Å²) in [6, 6.07) is 9.19. The van der Waals surface area contributed by atoms with Crippen molar-refractivity contribution in [3.63, 3.8) is 0 Å². The first kappa shape index (κ1) is 23.3.